The quantitative estimate of drug-likeness (QED) is 0.702. The van der Waals surface area contributed by atoms with E-state index in [2.05, 4.69) is 10.3 Å². The molecule has 1 aromatic heterocycles. The summed E-state index contributed by atoms with van der Waals surface area (Å²) >= 11 is 0. The number of pyridine rings is 1. The van der Waals surface area contributed by atoms with Crippen molar-refractivity contribution >= 4 is 11.8 Å². The lowest BCUT2D eigenvalue weighted by Gasteiger charge is -2.04. The fourth-order valence-corrected chi connectivity index (χ4v) is 1.19. The van der Waals surface area contributed by atoms with Gasteiger partial charge in [-0.25, -0.2) is 4.98 Å². The molecule has 1 heterocycles. The molecule has 0 saturated heterocycles. The normalized spacial score (nSPS) is 9.93. The van der Waals surface area contributed by atoms with Gasteiger partial charge in [-0.05, 0) is 31.4 Å². The standard InChI is InChI=1S/C11H16N2O2/c1-9-5-6-10(13-8-9)12-7-3-2-4-11(14)15/h5-6,8H,2-4,7H2,1H3,(H,12,13)(H,14,15). The van der Waals surface area contributed by atoms with Crippen molar-refractivity contribution in [3.8, 4) is 0 Å². The zero-order chi connectivity index (χ0) is 11.1. The second-order valence-electron chi connectivity index (χ2n) is 3.50. The predicted octanol–water partition coefficient (Wildman–Crippen LogP) is 2.06. The molecule has 4 nitrogen and oxygen atoms in total. The molecule has 4 heteroatoms. The van der Waals surface area contributed by atoms with Crippen LogP contribution in [0, 0.1) is 6.92 Å². The number of rotatable bonds is 6. The summed E-state index contributed by atoms with van der Waals surface area (Å²) in [4.78, 5) is 14.4. The Morgan fingerprint density at radius 1 is 1.47 bits per heavy atom. The van der Waals surface area contributed by atoms with E-state index in [1.54, 1.807) is 6.20 Å². The lowest BCUT2D eigenvalue weighted by atomic mass is 10.2. The average Bonchev–Trinajstić information content (AvgIpc) is 2.20. The number of carboxylic acids is 1. The molecule has 0 bridgehead atoms. The molecule has 82 valence electrons. The van der Waals surface area contributed by atoms with Crippen LogP contribution in [-0.4, -0.2) is 22.6 Å². The van der Waals surface area contributed by atoms with Gasteiger partial charge in [0.15, 0.2) is 0 Å². The third kappa shape index (κ3) is 5.00. The highest BCUT2D eigenvalue weighted by molar-refractivity contribution is 5.66. The van der Waals surface area contributed by atoms with Crippen LogP contribution in [0.15, 0.2) is 18.3 Å². The summed E-state index contributed by atoms with van der Waals surface area (Å²) in [6.45, 7) is 2.76. The minimum Gasteiger partial charge on any atom is -0.481 e. The number of nitrogens with zero attached hydrogens (tertiary/aromatic N) is 1. The first-order valence-electron chi connectivity index (χ1n) is 5.07. The SMILES string of the molecule is Cc1ccc(NCCCCC(=O)O)nc1. The van der Waals surface area contributed by atoms with Crippen molar-refractivity contribution in [2.45, 2.75) is 26.2 Å². The number of carbonyl (C=O) groups is 1. The van der Waals surface area contributed by atoms with E-state index in [-0.39, 0.29) is 6.42 Å². The van der Waals surface area contributed by atoms with Gasteiger partial charge < -0.3 is 10.4 Å². The molecular formula is C11H16N2O2. The molecule has 0 aliphatic carbocycles. The molecule has 0 fully saturated rings. The van der Waals surface area contributed by atoms with Crippen molar-refractivity contribution in [1.82, 2.24) is 4.98 Å². The van der Waals surface area contributed by atoms with Crippen LogP contribution in [-0.2, 0) is 4.79 Å². The lowest BCUT2D eigenvalue weighted by molar-refractivity contribution is -0.137. The smallest absolute Gasteiger partial charge is 0.303 e. The van der Waals surface area contributed by atoms with Crippen molar-refractivity contribution < 1.29 is 9.90 Å². The first kappa shape index (κ1) is 11.5. The Morgan fingerprint density at radius 3 is 2.87 bits per heavy atom. The first-order chi connectivity index (χ1) is 7.18. The molecule has 0 atom stereocenters. The fourth-order valence-electron chi connectivity index (χ4n) is 1.19. The Hall–Kier alpha value is -1.58. The molecule has 1 rings (SSSR count). The van der Waals surface area contributed by atoms with E-state index in [0.717, 1.165) is 24.3 Å². The maximum Gasteiger partial charge on any atom is 0.303 e. The highest BCUT2D eigenvalue weighted by atomic mass is 16.4. The van der Waals surface area contributed by atoms with Gasteiger partial charge in [-0.15, -0.1) is 0 Å². The molecule has 2 N–H and O–H groups in total. The maximum atomic E-state index is 10.2. The van der Waals surface area contributed by atoms with Gasteiger partial charge in [0.05, 0.1) is 0 Å². The van der Waals surface area contributed by atoms with Crippen LogP contribution < -0.4 is 5.32 Å². The fraction of sp³-hybridized carbons (Fsp3) is 0.455. The second-order valence-corrected chi connectivity index (χ2v) is 3.50. The van der Waals surface area contributed by atoms with Gasteiger partial charge in [-0.3, -0.25) is 4.79 Å². The van der Waals surface area contributed by atoms with Gasteiger partial charge in [-0.2, -0.15) is 0 Å². The summed E-state index contributed by atoms with van der Waals surface area (Å²) in [7, 11) is 0. The molecule has 0 aliphatic heterocycles. The minimum absolute atomic E-state index is 0.239. The number of hydrogen-bond acceptors (Lipinski definition) is 3. The van der Waals surface area contributed by atoms with Crippen LogP contribution >= 0.6 is 0 Å². The molecule has 0 spiro atoms. The Labute approximate surface area is 89.3 Å². The molecule has 0 unspecified atom stereocenters. The zero-order valence-electron chi connectivity index (χ0n) is 8.86. The number of aromatic nitrogens is 1. The molecule has 0 aliphatic rings. The van der Waals surface area contributed by atoms with Crippen LogP contribution in [0.1, 0.15) is 24.8 Å². The van der Waals surface area contributed by atoms with E-state index in [0.29, 0.717) is 6.42 Å². The summed E-state index contributed by atoms with van der Waals surface area (Å²) in [5, 5.41) is 11.6. The Morgan fingerprint density at radius 2 is 2.27 bits per heavy atom. The number of carboxylic acid groups (broad SMARTS) is 1. The summed E-state index contributed by atoms with van der Waals surface area (Å²) < 4.78 is 0. The third-order valence-corrected chi connectivity index (χ3v) is 2.03. The molecule has 0 radical (unpaired) electrons. The van der Waals surface area contributed by atoms with E-state index in [1.807, 2.05) is 19.1 Å². The third-order valence-electron chi connectivity index (χ3n) is 2.03. The van der Waals surface area contributed by atoms with Gasteiger partial charge in [0.25, 0.3) is 0 Å². The van der Waals surface area contributed by atoms with E-state index >= 15 is 0 Å². The lowest BCUT2D eigenvalue weighted by Crippen LogP contribution is -2.04. The molecule has 1 aromatic rings. The number of nitrogens with one attached hydrogen (secondary N) is 1. The van der Waals surface area contributed by atoms with Crippen molar-refractivity contribution in [3.05, 3.63) is 23.9 Å². The average molecular weight is 208 g/mol. The van der Waals surface area contributed by atoms with Gasteiger partial charge in [-0.1, -0.05) is 6.07 Å². The molecule has 0 amide bonds. The van der Waals surface area contributed by atoms with Crippen LogP contribution in [0.3, 0.4) is 0 Å². The van der Waals surface area contributed by atoms with Crippen LogP contribution in [0.4, 0.5) is 5.82 Å². The number of aliphatic carboxylic acids is 1. The Balaban J connectivity index is 2.15. The number of anilines is 1. The highest BCUT2D eigenvalue weighted by Gasteiger charge is 1.96. The molecule has 15 heavy (non-hydrogen) atoms. The summed E-state index contributed by atoms with van der Waals surface area (Å²) in [5.74, 6) is 0.111. The summed E-state index contributed by atoms with van der Waals surface area (Å²) in [6.07, 6.45) is 3.60. The van der Waals surface area contributed by atoms with Crippen LogP contribution in [0.5, 0.6) is 0 Å². The Kier molecular flexibility index (Phi) is 4.60. The largest absolute Gasteiger partial charge is 0.481 e. The first-order valence-corrected chi connectivity index (χ1v) is 5.07. The predicted molar refractivity (Wildman–Crippen MR) is 59.0 cm³/mol. The van der Waals surface area contributed by atoms with E-state index in [9.17, 15) is 4.79 Å². The van der Waals surface area contributed by atoms with E-state index < -0.39 is 5.97 Å². The van der Waals surface area contributed by atoms with Crippen LogP contribution in [0.25, 0.3) is 0 Å². The van der Waals surface area contributed by atoms with Crippen molar-refractivity contribution in [3.63, 3.8) is 0 Å². The minimum atomic E-state index is -0.733. The van der Waals surface area contributed by atoms with Crippen molar-refractivity contribution in [1.29, 1.82) is 0 Å². The number of hydrogen-bond donors (Lipinski definition) is 2. The maximum absolute atomic E-state index is 10.2. The highest BCUT2D eigenvalue weighted by Crippen LogP contribution is 2.04. The van der Waals surface area contributed by atoms with Gasteiger partial charge in [0.2, 0.25) is 0 Å². The summed E-state index contributed by atoms with van der Waals surface area (Å²) in [5.41, 5.74) is 1.13. The van der Waals surface area contributed by atoms with Gasteiger partial charge in [0.1, 0.15) is 5.82 Å². The topological polar surface area (TPSA) is 62.2 Å². The number of unbranched alkanes of at least 4 members (excludes halogenated alkanes) is 1. The van der Waals surface area contributed by atoms with E-state index in [4.69, 9.17) is 5.11 Å². The zero-order valence-corrected chi connectivity index (χ0v) is 8.86. The Bertz CT molecular complexity index is 309. The molecule has 0 aromatic carbocycles. The van der Waals surface area contributed by atoms with Crippen molar-refractivity contribution in [2.75, 3.05) is 11.9 Å². The number of aryl methyl sites for hydroxylation is 1. The van der Waals surface area contributed by atoms with Crippen molar-refractivity contribution in [2.24, 2.45) is 0 Å². The molecular weight excluding hydrogens is 192 g/mol. The monoisotopic (exact) mass is 208 g/mol. The van der Waals surface area contributed by atoms with Gasteiger partial charge >= 0.3 is 5.97 Å². The van der Waals surface area contributed by atoms with Crippen LogP contribution in [0.2, 0.25) is 0 Å². The second kappa shape index (κ2) is 6.01. The van der Waals surface area contributed by atoms with E-state index in [1.165, 1.54) is 0 Å². The van der Waals surface area contributed by atoms with Gasteiger partial charge in [0, 0.05) is 19.2 Å². The summed E-state index contributed by atoms with van der Waals surface area (Å²) in [6, 6.07) is 3.92. The molecule has 0 saturated carbocycles.